The first-order chi connectivity index (χ1) is 13.7. The van der Waals surface area contributed by atoms with Crippen LogP contribution in [0.2, 0.25) is 0 Å². The Morgan fingerprint density at radius 2 is 2.11 bits per heavy atom. The number of carbonyl (C=O) groups excluding carboxylic acids is 1. The summed E-state index contributed by atoms with van der Waals surface area (Å²) in [4.78, 5) is 16.6. The van der Waals surface area contributed by atoms with E-state index in [1.54, 1.807) is 12.4 Å². The lowest BCUT2D eigenvalue weighted by Crippen LogP contribution is -2.30. The molecule has 0 radical (unpaired) electrons. The van der Waals surface area contributed by atoms with E-state index in [9.17, 15) is 10.1 Å². The summed E-state index contributed by atoms with van der Waals surface area (Å²) in [6.07, 6.45) is 10.4. The third kappa shape index (κ3) is 4.98. The van der Waals surface area contributed by atoms with Gasteiger partial charge >= 0.3 is 0 Å². The molecule has 3 rings (SSSR count). The molecule has 1 unspecified atom stereocenters. The number of hydrogen-bond donors (Lipinski definition) is 2. The van der Waals surface area contributed by atoms with Crippen molar-refractivity contribution >= 4 is 5.91 Å². The van der Waals surface area contributed by atoms with Crippen molar-refractivity contribution in [3.8, 4) is 6.07 Å². The molecule has 144 valence electrons. The predicted molar refractivity (Wildman–Crippen MR) is 109 cm³/mol. The van der Waals surface area contributed by atoms with E-state index >= 15 is 0 Å². The van der Waals surface area contributed by atoms with Crippen LogP contribution in [0.4, 0.5) is 0 Å². The van der Waals surface area contributed by atoms with Gasteiger partial charge in [-0.3, -0.25) is 9.78 Å². The number of rotatable bonds is 7. The summed E-state index contributed by atoms with van der Waals surface area (Å²) < 4.78 is 0. The van der Waals surface area contributed by atoms with Gasteiger partial charge in [-0.1, -0.05) is 31.2 Å². The zero-order chi connectivity index (χ0) is 19.8. The van der Waals surface area contributed by atoms with Crippen molar-refractivity contribution in [3.63, 3.8) is 0 Å². The third-order valence-electron chi connectivity index (χ3n) is 5.13. The number of aromatic nitrogens is 1. The summed E-state index contributed by atoms with van der Waals surface area (Å²) in [6.45, 7) is 2.55. The minimum atomic E-state index is -0.356. The van der Waals surface area contributed by atoms with Crippen LogP contribution in [-0.2, 0) is 24.2 Å². The van der Waals surface area contributed by atoms with E-state index in [0.717, 1.165) is 30.4 Å². The van der Waals surface area contributed by atoms with E-state index in [-0.39, 0.29) is 17.5 Å². The van der Waals surface area contributed by atoms with E-state index < -0.39 is 0 Å². The lowest BCUT2D eigenvalue weighted by Gasteiger charge is -2.21. The molecule has 1 aromatic carbocycles. The van der Waals surface area contributed by atoms with Gasteiger partial charge in [0, 0.05) is 25.1 Å². The lowest BCUT2D eigenvalue weighted by atomic mass is 9.88. The Hall–Kier alpha value is -3.13. The van der Waals surface area contributed by atoms with Crippen LogP contribution in [0.3, 0.4) is 0 Å². The minimum absolute atomic E-state index is 0.0697. The number of fused-ring (bicyclic) bond motifs is 1. The van der Waals surface area contributed by atoms with Crippen LogP contribution in [0.15, 0.2) is 54.5 Å². The largest absolute Gasteiger partial charge is 0.386 e. The molecule has 28 heavy (non-hydrogen) atoms. The van der Waals surface area contributed by atoms with Gasteiger partial charge in [-0.05, 0) is 60.4 Å². The van der Waals surface area contributed by atoms with Gasteiger partial charge in [0.05, 0.1) is 6.04 Å². The Bertz CT molecular complexity index is 883. The maximum atomic E-state index is 12.6. The van der Waals surface area contributed by atoms with Crippen LogP contribution in [-0.4, -0.2) is 10.9 Å². The van der Waals surface area contributed by atoms with Crippen molar-refractivity contribution in [1.82, 2.24) is 15.6 Å². The fourth-order valence-corrected chi connectivity index (χ4v) is 3.55. The van der Waals surface area contributed by atoms with E-state index in [0.29, 0.717) is 6.54 Å². The monoisotopic (exact) mass is 374 g/mol. The maximum Gasteiger partial charge on any atom is 0.263 e. The molecule has 1 aliphatic rings. The summed E-state index contributed by atoms with van der Waals surface area (Å²) in [5.74, 6) is -0.356. The summed E-state index contributed by atoms with van der Waals surface area (Å²) in [6, 6.07) is 12.2. The normalized spacial score (nSPS) is 14.5. The van der Waals surface area contributed by atoms with Crippen LogP contribution in [0.1, 0.15) is 54.5 Å². The second kappa shape index (κ2) is 9.70. The summed E-state index contributed by atoms with van der Waals surface area (Å²) in [5, 5.41) is 15.4. The molecule has 0 fully saturated rings. The SMILES string of the molecule is CCC(NC(=O)/C(C#N)=C\NCc1cccnc1)c1ccc2c(c1)CCCC2. The molecule has 0 spiro atoms. The van der Waals surface area contributed by atoms with Gasteiger partial charge in [-0.15, -0.1) is 0 Å². The van der Waals surface area contributed by atoms with Gasteiger partial charge < -0.3 is 10.6 Å². The molecule has 1 aromatic heterocycles. The van der Waals surface area contributed by atoms with Crippen LogP contribution in [0.25, 0.3) is 0 Å². The number of amides is 1. The maximum absolute atomic E-state index is 12.6. The van der Waals surface area contributed by atoms with Crippen molar-refractivity contribution in [2.24, 2.45) is 0 Å². The van der Waals surface area contributed by atoms with Crippen LogP contribution >= 0.6 is 0 Å². The van der Waals surface area contributed by atoms with Crippen LogP contribution < -0.4 is 10.6 Å². The van der Waals surface area contributed by atoms with E-state index in [1.807, 2.05) is 25.1 Å². The Morgan fingerprint density at radius 3 is 2.82 bits per heavy atom. The summed E-state index contributed by atoms with van der Waals surface area (Å²) in [7, 11) is 0. The zero-order valence-electron chi connectivity index (χ0n) is 16.2. The van der Waals surface area contributed by atoms with Crippen molar-refractivity contribution in [2.75, 3.05) is 0 Å². The molecule has 0 saturated heterocycles. The molecule has 2 aromatic rings. The number of nitrogens with one attached hydrogen (secondary N) is 2. The fourth-order valence-electron chi connectivity index (χ4n) is 3.55. The van der Waals surface area contributed by atoms with Crippen molar-refractivity contribution in [2.45, 2.75) is 51.6 Å². The summed E-state index contributed by atoms with van der Waals surface area (Å²) in [5.41, 5.74) is 4.98. The molecule has 5 nitrogen and oxygen atoms in total. The fraction of sp³-hybridized carbons (Fsp3) is 0.348. The first-order valence-electron chi connectivity index (χ1n) is 9.86. The van der Waals surface area contributed by atoms with E-state index in [4.69, 9.17) is 0 Å². The number of benzene rings is 1. The van der Waals surface area contributed by atoms with Gasteiger partial charge in [0.15, 0.2) is 0 Å². The topological polar surface area (TPSA) is 77.8 Å². The van der Waals surface area contributed by atoms with E-state index in [1.165, 1.54) is 30.2 Å². The molecular formula is C23H26N4O. The number of aryl methyl sites for hydroxylation is 2. The lowest BCUT2D eigenvalue weighted by molar-refractivity contribution is -0.117. The number of nitriles is 1. The number of hydrogen-bond acceptors (Lipinski definition) is 4. The second-order valence-corrected chi connectivity index (χ2v) is 7.08. The van der Waals surface area contributed by atoms with Gasteiger partial charge in [-0.2, -0.15) is 5.26 Å². The van der Waals surface area contributed by atoms with Gasteiger partial charge in [0.1, 0.15) is 11.6 Å². The molecule has 1 heterocycles. The van der Waals surface area contributed by atoms with Crippen molar-refractivity contribution in [3.05, 3.63) is 76.8 Å². The Kier molecular flexibility index (Phi) is 6.80. The Morgan fingerprint density at radius 1 is 1.29 bits per heavy atom. The third-order valence-corrected chi connectivity index (χ3v) is 5.13. The highest BCUT2D eigenvalue weighted by Crippen LogP contribution is 2.26. The Labute approximate surface area is 166 Å². The van der Waals surface area contributed by atoms with Gasteiger partial charge in [0.2, 0.25) is 0 Å². The van der Waals surface area contributed by atoms with Gasteiger partial charge in [-0.25, -0.2) is 0 Å². The molecule has 0 aliphatic heterocycles. The quantitative estimate of drug-likeness (QED) is 0.572. The molecule has 5 heteroatoms. The highest BCUT2D eigenvalue weighted by molar-refractivity contribution is 5.97. The van der Waals surface area contributed by atoms with E-state index in [2.05, 4.69) is 33.8 Å². The number of nitrogens with zero attached hydrogens (tertiary/aromatic N) is 2. The molecular weight excluding hydrogens is 348 g/mol. The highest BCUT2D eigenvalue weighted by atomic mass is 16.1. The molecule has 2 N–H and O–H groups in total. The zero-order valence-corrected chi connectivity index (χ0v) is 16.2. The number of carbonyl (C=O) groups is 1. The first-order valence-corrected chi connectivity index (χ1v) is 9.86. The average molecular weight is 374 g/mol. The Balaban J connectivity index is 1.65. The van der Waals surface area contributed by atoms with Crippen molar-refractivity contribution < 1.29 is 4.79 Å². The number of pyridine rings is 1. The van der Waals surface area contributed by atoms with Crippen LogP contribution in [0.5, 0.6) is 0 Å². The second-order valence-electron chi connectivity index (χ2n) is 7.08. The average Bonchev–Trinajstić information content (AvgIpc) is 2.75. The van der Waals surface area contributed by atoms with Gasteiger partial charge in [0.25, 0.3) is 5.91 Å². The predicted octanol–water partition coefficient (Wildman–Crippen LogP) is 3.72. The smallest absolute Gasteiger partial charge is 0.263 e. The van der Waals surface area contributed by atoms with Crippen molar-refractivity contribution in [1.29, 1.82) is 5.26 Å². The summed E-state index contributed by atoms with van der Waals surface area (Å²) >= 11 is 0. The highest BCUT2D eigenvalue weighted by Gasteiger charge is 2.18. The molecule has 0 bridgehead atoms. The van der Waals surface area contributed by atoms with Crippen LogP contribution in [0, 0.1) is 11.3 Å². The first kappa shape index (κ1) is 19.6. The molecule has 1 aliphatic carbocycles. The molecule has 1 atom stereocenters. The minimum Gasteiger partial charge on any atom is -0.386 e. The molecule has 0 saturated carbocycles. The molecule has 1 amide bonds. The standard InChI is InChI=1S/C23H26N4O/c1-2-22(20-10-9-18-7-3-4-8-19(18)12-20)27-23(28)21(13-24)16-26-15-17-6-5-11-25-14-17/h5-6,9-12,14,16,22,26H,2-4,7-8,15H2,1H3,(H,27,28)/b21-16-.